The van der Waals surface area contributed by atoms with Gasteiger partial charge in [0.15, 0.2) is 6.54 Å². The third-order valence-corrected chi connectivity index (χ3v) is 4.40. The van der Waals surface area contributed by atoms with Crippen LogP contribution < -0.4 is 10.2 Å². The molecule has 2 rings (SSSR count). The van der Waals surface area contributed by atoms with Gasteiger partial charge in [0.1, 0.15) is 0 Å². The Kier molecular flexibility index (Phi) is 5.55. The van der Waals surface area contributed by atoms with Crippen LogP contribution in [-0.4, -0.2) is 38.1 Å². The van der Waals surface area contributed by atoms with Gasteiger partial charge in [-0.25, -0.2) is 4.79 Å². The third kappa shape index (κ3) is 4.07. The first-order valence-corrected chi connectivity index (χ1v) is 7.84. The normalized spacial score (nSPS) is 21.2. The lowest BCUT2D eigenvalue weighted by atomic mass is 10.0. The van der Waals surface area contributed by atoms with E-state index in [-0.39, 0.29) is 5.91 Å². The number of methoxy groups -OCH3 is 1. The fraction of sp³-hybridized carbons (Fsp3) is 0.529. The fourth-order valence-corrected chi connectivity index (χ4v) is 2.92. The number of likely N-dealkylation sites (tertiary alicyclic amines) is 1. The molecule has 0 aliphatic carbocycles. The van der Waals surface area contributed by atoms with Gasteiger partial charge in [-0.2, -0.15) is 0 Å². The smallest absolute Gasteiger partial charge is 0.337 e. The number of ether oxygens (including phenoxy) is 1. The second-order valence-corrected chi connectivity index (χ2v) is 6.05. The molecule has 0 aromatic heterocycles. The molecule has 2 atom stereocenters. The van der Waals surface area contributed by atoms with Gasteiger partial charge in [-0.3, -0.25) is 4.79 Å². The van der Waals surface area contributed by atoms with Crippen LogP contribution in [0.4, 0.5) is 5.69 Å². The summed E-state index contributed by atoms with van der Waals surface area (Å²) in [5, 5.41) is 2.93. The van der Waals surface area contributed by atoms with Crippen LogP contribution in [0.5, 0.6) is 0 Å². The molecule has 1 amide bonds. The maximum atomic E-state index is 12.3. The van der Waals surface area contributed by atoms with Crippen molar-refractivity contribution in [2.24, 2.45) is 0 Å². The van der Waals surface area contributed by atoms with E-state index in [0.29, 0.717) is 23.8 Å². The Hall–Kier alpha value is -1.88. The number of anilines is 1. The number of hydrogen-bond donors (Lipinski definition) is 2. The molecule has 1 unspecified atom stereocenters. The minimum Gasteiger partial charge on any atom is -0.465 e. The molecule has 0 radical (unpaired) electrons. The number of carbonyl (C=O) groups is 2. The standard InChI is InChI=1S/C17H24N2O3/c1-12-7-8-14(17(21)22-3)10-15(12)18-16(20)11-19-9-5-4-6-13(19)2/h7-8,10,13H,4-6,9,11H2,1-3H3,(H,18,20)/p+1/t13-/m1/s1. The number of benzene rings is 1. The summed E-state index contributed by atoms with van der Waals surface area (Å²) in [6, 6.07) is 5.73. The van der Waals surface area contributed by atoms with E-state index >= 15 is 0 Å². The first-order chi connectivity index (χ1) is 10.5. The maximum absolute atomic E-state index is 12.3. The molecule has 0 saturated carbocycles. The van der Waals surface area contributed by atoms with Crippen molar-refractivity contribution in [3.8, 4) is 0 Å². The summed E-state index contributed by atoms with van der Waals surface area (Å²) in [6.45, 7) is 5.64. The van der Waals surface area contributed by atoms with Gasteiger partial charge in [-0.15, -0.1) is 0 Å². The lowest BCUT2D eigenvalue weighted by molar-refractivity contribution is -0.920. The molecule has 1 aliphatic heterocycles. The summed E-state index contributed by atoms with van der Waals surface area (Å²) < 4.78 is 4.72. The van der Waals surface area contributed by atoms with Gasteiger partial charge in [-0.1, -0.05) is 6.07 Å². The third-order valence-electron chi connectivity index (χ3n) is 4.40. The molecule has 0 bridgehead atoms. The van der Waals surface area contributed by atoms with Gasteiger partial charge in [-0.05, 0) is 50.8 Å². The van der Waals surface area contributed by atoms with Crippen LogP contribution in [0.3, 0.4) is 0 Å². The van der Waals surface area contributed by atoms with Crippen molar-refractivity contribution in [3.63, 3.8) is 0 Å². The largest absolute Gasteiger partial charge is 0.465 e. The minimum absolute atomic E-state index is 0.00568. The second kappa shape index (κ2) is 7.40. The van der Waals surface area contributed by atoms with E-state index in [1.54, 1.807) is 12.1 Å². The van der Waals surface area contributed by atoms with Crippen molar-refractivity contribution in [2.75, 3.05) is 25.5 Å². The predicted molar refractivity (Wildman–Crippen MR) is 85.2 cm³/mol. The van der Waals surface area contributed by atoms with Crippen LogP contribution in [0, 0.1) is 6.92 Å². The summed E-state index contributed by atoms with van der Waals surface area (Å²) in [5.74, 6) is -0.403. The average Bonchev–Trinajstić information content (AvgIpc) is 2.51. The fourth-order valence-electron chi connectivity index (χ4n) is 2.92. The van der Waals surface area contributed by atoms with Crippen molar-refractivity contribution >= 4 is 17.6 Å². The van der Waals surface area contributed by atoms with Gasteiger partial charge in [0.2, 0.25) is 0 Å². The number of hydrogen-bond acceptors (Lipinski definition) is 3. The average molecular weight is 305 g/mol. The molecule has 1 aromatic rings. The van der Waals surface area contributed by atoms with Crippen LogP contribution >= 0.6 is 0 Å². The van der Waals surface area contributed by atoms with E-state index < -0.39 is 5.97 Å². The highest BCUT2D eigenvalue weighted by molar-refractivity contribution is 5.95. The molecule has 1 saturated heterocycles. The quantitative estimate of drug-likeness (QED) is 0.821. The van der Waals surface area contributed by atoms with E-state index in [2.05, 4.69) is 12.2 Å². The Labute approximate surface area is 131 Å². The lowest BCUT2D eigenvalue weighted by Gasteiger charge is -2.29. The van der Waals surface area contributed by atoms with Crippen LogP contribution in [-0.2, 0) is 9.53 Å². The SMILES string of the molecule is COC(=O)c1ccc(C)c(NC(=O)C[NH+]2CCCC[C@H]2C)c1. The highest BCUT2D eigenvalue weighted by atomic mass is 16.5. The van der Waals surface area contributed by atoms with Gasteiger partial charge < -0.3 is 15.0 Å². The zero-order valence-corrected chi connectivity index (χ0v) is 13.6. The van der Waals surface area contributed by atoms with Crippen molar-refractivity contribution in [1.82, 2.24) is 0 Å². The summed E-state index contributed by atoms with van der Waals surface area (Å²) in [5.41, 5.74) is 2.06. The summed E-state index contributed by atoms with van der Waals surface area (Å²) in [6.07, 6.45) is 3.62. The summed E-state index contributed by atoms with van der Waals surface area (Å²) >= 11 is 0. The van der Waals surface area contributed by atoms with Crippen molar-refractivity contribution in [2.45, 2.75) is 39.2 Å². The lowest BCUT2D eigenvalue weighted by Crippen LogP contribution is -3.17. The van der Waals surface area contributed by atoms with Crippen molar-refractivity contribution in [1.29, 1.82) is 0 Å². The Morgan fingerprint density at radius 2 is 2.14 bits per heavy atom. The van der Waals surface area contributed by atoms with Gasteiger partial charge in [0, 0.05) is 5.69 Å². The molecule has 1 fully saturated rings. The number of amides is 1. The topological polar surface area (TPSA) is 59.8 Å². The molecule has 0 spiro atoms. The molecule has 1 heterocycles. The first-order valence-electron chi connectivity index (χ1n) is 7.84. The molecule has 22 heavy (non-hydrogen) atoms. The number of aryl methyl sites for hydroxylation is 1. The highest BCUT2D eigenvalue weighted by Gasteiger charge is 2.24. The molecule has 120 valence electrons. The second-order valence-electron chi connectivity index (χ2n) is 6.05. The number of carbonyl (C=O) groups excluding carboxylic acids is 2. The van der Waals surface area contributed by atoms with Gasteiger partial charge in [0.05, 0.1) is 25.3 Å². The van der Waals surface area contributed by atoms with E-state index in [4.69, 9.17) is 4.74 Å². The molecular formula is C17H25N2O3+. The van der Waals surface area contributed by atoms with E-state index in [9.17, 15) is 9.59 Å². The number of esters is 1. The van der Waals surface area contributed by atoms with Crippen LogP contribution in [0.2, 0.25) is 0 Å². The molecule has 5 nitrogen and oxygen atoms in total. The Morgan fingerprint density at radius 3 is 2.82 bits per heavy atom. The molecule has 1 aromatic carbocycles. The van der Waals surface area contributed by atoms with Gasteiger partial charge in [0.25, 0.3) is 5.91 Å². The number of piperidine rings is 1. The number of nitrogens with one attached hydrogen (secondary N) is 2. The van der Waals surface area contributed by atoms with Crippen molar-refractivity contribution in [3.05, 3.63) is 29.3 Å². The van der Waals surface area contributed by atoms with Gasteiger partial charge >= 0.3 is 5.97 Å². The Morgan fingerprint density at radius 1 is 1.36 bits per heavy atom. The van der Waals surface area contributed by atoms with Crippen LogP contribution in [0.25, 0.3) is 0 Å². The highest BCUT2D eigenvalue weighted by Crippen LogP contribution is 2.17. The Balaban J connectivity index is 2.03. The zero-order chi connectivity index (χ0) is 16.1. The molecule has 2 N–H and O–H groups in total. The van der Waals surface area contributed by atoms with Crippen molar-refractivity contribution < 1.29 is 19.2 Å². The van der Waals surface area contributed by atoms with E-state index in [1.165, 1.54) is 31.3 Å². The summed E-state index contributed by atoms with van der Waals surface area (Å²) in [4.78, 5) is 25.2. The Bertz CT molecular complexity index is 557. The predicted octanol–water partition coefficient (Wildman–Crippen LogP) is 1.18. The van der Waals surface area contributed by atoms with E-state index in [0.717, 1.165) is 12.1 Å². The van der Waals surface area contributed by atoms with Crippen LogP contribution in [0.1, 0.15) is 42.1 Å². The molecule has 1 aliphatic rings. The minimum atomic E-state index is -0.397. The first kappa shape index (κ1) is 16.5. The molecular weight excluding hydrogens is 280 g/mol. The monoisotopic (exact) mass is 305 g/mol. The van der Waals surface area contributed by atoms with E-state index in [1.807, 2.05) is 13.0 Å². The summed E-state index contributed by atoms with van der Waals surface area (Å²) in [7, 11) is 1.35. The maximum Gasteiger partial charge on any atom is 0.337 e. The molecule has 5 heteroatoms. The van der Waals surface area contributed by atoms with Crippen LogP contribution in [0.15, 0.2) is 18.2 Å². The number of quaternary nitrogens is 1. The number of rotatable bonds is 4. The zero-order valence-electron chi connectivity index (χ0n) is 13.6.